The first-order chi connectivity index (χ1) is 15.6. The Hall–Kier alpha value is -2.97. The van der Waals surface area contributed by atoms with Crippen LogP contribution in [-0.2, 0) is 19.0 Å². The highest BCUT2D eigenvalue weighted by atomic mass is 16.7. The van der Waals surface area contributed by atoms with E-state index >= 15 is 0 Å². The number of aliphatic hydroxyl groups is 1. The van der Waals surface area contributed by atoms with Crippen LogP contribution in [-0.4, -0.2) is 48.3 Å². The van der Waals surface area contributed by atoms with Gasteiger partial charge in [-0.05, 0) is 11.5 Å². The van der Waals surface area contributed by atoms with Crippen molar-refractivity contribution in [1.29, 1.82) is 0 Å². The van der Waals surface area contributed by atoms with Crippen molar-refractivity contribution in [1.82, 2.24) is 5.32 Å². The van der Waals surface area contributed by atoms with Gasteiger partial charge in [0.2, 0.25) is 12.2 Å². The van der Waals surface area contributed by atoms with Gasteiger partial charge in [-0.1, -0.05) is 66.7 Å². The molecule has 32 heavy (non-hydrogen) atoms. The topological polar surface area (TPSA) is 86.3 Å². The van der Waals surface area contributed by atoms with Gasteiger partial charge in [-0.2, -0.15) is 0 Å². The molecule has 3 aromatic carbocycles. The largest absolute Gasteiger partial charge is 0.462 e. The third kappa shape index (κ3) is 4.08. The summed E-state index contributed by atoms with van der Waals surface area (Å²) < 4.78 is 24.3. The summed E-state index contributed by atoms with van der Waals surface area (Å²) in [5.41, 5.74) is 0.850. The predicted octanol–water partition coefficient (Wildman–Crippen LogP) is 2.92. The summed E-state index contributed by atoms with van der Waals surface area (Å²) in [5, 5.41) is 15.9. The zero-order valence-corrected chi connectivity index (χ0v) is 17.6. The number of ether oxygens (including phenoxy) is 4. The van der Waals surface area contributed by atoms with Crippen LogP contribution in [0.5, 0.6) is 5.75 Å². The Morgan fingerprint density at radius 3 is 2.56 bits per heavy atom. The third-order valence-corrected chi connectivity index (χ3v) is 5.80. The molecular weight excluding hydrogens is 410 g/mol. The number of nitrogens with one attached hydrogen (secondary N) is 1. The van der Waals surface area contributed by atoms with E-state index in [1.165, 1.54) is 6.92 Å². The number of aliphatic hydroxyl groups excluding tert-OH is 1. The fourth-order valence-electron chi connectivity index (χ4n) is 4.28. The van der Waals surface area contributed by atoms with Crippen molar-refractivity contribution < 1.29 is 28.8 Å². The molecule has 2 saturated heterocycles. The van der Waals surface area contributed by atoms with Crippen LogP contribution in [0.3, 0.4) is 0 Å². The molecule has 2 fully saturated rings. The Labute approximate surface area is 185 Å². The van der Waals surface area contributed by atoms with Gasteiger partial charge in [0.15, 0.2) is 6.29 Å². The summed E-state index contributed by atoms with van der Waals surface area (Å²) in [5.74, 6) is 0.309. The zero-order chi connectivity index (χ0) is 22.1. The molecule has 2 N–H and O–H groups in total. The SMILES string of the molecule is CC(=O)N[C@@H]1[C@@H](Oc2cccc3ccccc23)O[C@H]2CO[C@H](c3ccccc3)O[C@H]2[C@@H]1O. The van der Waals surface area contributed by atoms with Gasteiger partial charge in [0.1, 0.15) is 30.1 Å². The minimum atomic E-state index is -1.05. The summed E-state index contributed by atoms with van der Waals surface area (Å²) >= 11 is 0. The highest BCUT2D eigenvalue weighted by molar-refractivity contribution is 5.88. The first kappa shape index (κ1) is 20.9. The van der Waals surface area contributed by atoms with Crippen molar-refractivity contribution in [2.45, 2.75) is 43.9 Å². The fraction of sp³-hybridized carbons (Fsp3) is 0.320. The third-order valence-electron chi connectivity index (χ3n) is 5.80. The van der Waals surface area contributed by atoms with E-state index in [2.05, 4.69) is 5.32 Å². The van der Waals surface area contributed by atoms with Gasteiger partial charge in [0.25, 0.3) is 0 Å². The molecule has 6 atom stereocenters. The molecule has 0 radical (unpaired) electrons. The van der Waals surface area contributed by atoms with Crippen LogP contribution in [0.15, 0.2) is 72.8 Å². The molecule has 0 unspecified atom stereocenters. The number of benzene rings is 3. The van der Waals surface area contributed by atoms with Crippen molar-refractivity contribution >= 4 is 16.7 Å². The van der Waals surface area contributed by atoms with Crippen molar-refractivity contribution in [3.8, 4) is 5.75 Å². The van der Waals surface area contributed by atoms with Crippen LogP contribution in [0.25, 0.3) is 10.8 Å². The number of carbonyl (C=O) groups excluding carboxylic acids is 1. The average molecular weight is 435 g/mol. The van der Waals surface area contributed by atoms with Gasteiger partial charge in [0, 0.05) is 17.9 Å². The number of carbonyl (C=O) groups is 1. The first-order valence-electron chi connectivity index (χ1n) is 10.7. The summed E-state index contributed by atoms with van der Waals surface area (Å²) in [7, 11) is 0. The number of fused-ring (bicyclic) bond motifs is 2. The van der Waals surface area contributed by atoms with E-state index in [-0.39, 0.29) is 12.5 Å². The van der Waals surface area contributed by atoms with E-state index in [1.54, 1.807) is 0 Å². The molecule has 2 heterocycles. The van der Waals surface area contributed by atoms with Crippen LogP contribution < -0.4 is 10.1 Å². The molecule has 0 saturated carbocycles. The lowest BCUT2D eigenvalue weighted by Crippen LogP contribution is -2.67. The maximum absolute atomic E-state index is 11.9. The molecular formula is C25H25NO6. The summed E-state index contributed by atoms with van der Waals surface area (Å²) in [4.78, 5) is 11.9. The second kappa shape index (κ2) is 8.88. The van der Waals surface area contributed by atoms with Gasteiger partial charge < -0.3 is 29.4 Å². The number of hydrogen-bond acceptors (Lipinski definition) is 6. The van der Waals surface area contributed by atoms with E-state index in [0.717, 1.165) is 16.3 Å². The molecule has 5 rings (SSSR count). The molecule has 1 amide bonds. The minimum Gasteiger partial charge on any atom is -0.462 e. The Morgan fingerprint density at radius 1 is 1.00 bits per heavy atom. The normalized spacial score (nSPS) is 29.8. The lowest BCUT2D eigenvalue weighted by molar-refractivity contribution is -0.333. The molecule has 2 aliphatic heterocycles. The molecule has 7 nitrogen and oxygen atoms in total. The van der Waals surface area contributed by atoms with E-state index in [9.17, 15) is 9.90 Å². The molecule has 2 aliphatic rings. The van der Waals surface area contributed by atoms with E-state index in [4.69, 9.17) is 18.9 Å². The quantitative estimate of drug-likeness (QED) is 0.656. The smallest absolute Gasteiger partial charge is 0.223 e. The molecule has 0 spiro atoms. The lowest BCUT2D eigenvalue weighted by Gasteiger charge is -2.47. The Bertz CT molecular complexity index is 1080. The monoisotopic (exact) mass is 435 g/mol. The average Bonchev–Trinajstić information content (AvgIpc) is 2.82. The Balaban J connectivity index is 1.40. The highest BCUT2D eigenvalue weighted by Crippen LogP contribution is 2.36. The molecule has 0 bridgehead atoms. The first-order valence-corrected chi connectivity index (χ1v) is 10.7. The molecule has 166 valence electrons. The second-order valence-corrected chi connectivity index (χ2v) is 8.03. The number of hydrogen-bond donors (Lipinski definition) is 2. The van der Waals surface area contributed by atoms with Gasteiger partial charge >= 0.3 is 0 Å². The van der Waals surface area contributed by atoms with Crippen molar-refractivity contribution in [2.75, 3.05) is 6.61 Å². The fourth-order valence-corrected chi connectivity index (χ4v) is 4.28. The predicted molar refractivity (Wildman–Crippen MR) is 117 cm³/mol. The summed E-state index contributed by atoms with van der Waals surface area (Å²) in [6, 6.07) is 22.3. The highest BCUT2D eigenvalue weighted by Gasteiger charge is 2.50. The standard InChI is InChI=1S/C25H25NO6/c1-15(27)26-21-22(28)23-20(14-29-24(32-23)17-9-3-2-4-10-17)31-25(21)30-19-13-7-11-16-8-5-6-12-18(16)19/h2-13,20-25,28H,14H2,1H3,(H,26,27)/t20-,21-,22+,23+,24-,25-/m0/s1. The van der Waals surface area contributed by atoms with Crippen molar-refractivity contribution in [3.05, 3.63) is 78.4 Å². The van der Waals surface area contributed by atoms with Crippen LogP contribution >= 0.6 is 0 Å². The molecule has 0 aromatic heterocycles. The number of rotatable bonds is 4. The van der Waals surface area contributed by atoms with E-state index < -0.39 is 36.9 Å². The van der Waals surface area contributed by atoms with Crippen LogP contribution in [0.2, 0.25) is 0 Å². The number of amides is 1. The van der Waals surface area contributed by atoms with E-state index in [0.29, 0.717) is 5.75 Å². The summed E-state index contributed by atoms with van der Waals surface area (Å²) in [6.45, 7) is 1.62. The van der Waals surface area contributed by atoms with Gasteiger partial charge in [-0.3, -0.25) is 4.79 Å². The Morgan fingerprint density at radius 2 is 1.75 bits per heavy atom. The molecule has 0 aliphatic carbocycles. The van der Waals surface area contributed by atoms with Gasteiger partial charge in [-0.15, -0.1) is 0 Å². The van der Waals surface area contributed by atoms with E-state index in [1.807, 2.05) is 72.8 Å². The second-order valence-electron chi connectivity index (χ2n) is 8.03. The van der Waals surface area contributed by atoms with Crippen molar-refractivity contribution in [2.24, 2.45) is 0 Å². The van der Waals surface area contributed by atoms with Crippen LogP contribution in [0.4, 0.5) is 0 Å². The van der Waals surface area contributed by atoms with Crippen molar-refractivity contribution in [3.63, 3.8) is 0 Å². The summed E-state index contributed by atoms with van der Waals surface area (Å²) in [6.07, 6.45) is -3.81. The van der Waals surface area contributed by atoms with Crippen LogP contribution in [0.1, 0.15) is 18.8 Å². The van der Waals surface area contributed by atoms with Crippen LogP contribution in [0, 0.1) is 0 Å². The molecule has 7 heteroatoms. The Kier molecular flexibility index (Phi) is 5.80. The maximum atomic E-state index is 11.9. The molecule has 3 aromatic rings. The minimum absolute atomic E-state index is 0.226. The lowest BCUT2D eigenvalue weighted by atomic mass is 9.95. The van der Waals surface area contributed by atoms with Gasteiger partial charge in [0.05, 0.1) is 6.61 Å². The van der Waals surface area contributed by atoms with Gasteiger partial charge in [-0.25, -0.2) is 0 Å². The zero-order valence-electron chi connectivity index (χ0n) is 17.6. The maximum Gasteiger partial charge on any atom is 0.223 e.